The first-order valence-corrected chi connectivity index (χ1v) is 20.5. The molecule has 2 atom stereocenters. The molecule has 0 amide bonds. The van der Waals surface area contributed by atoms with Crippen LogP contribution in [0.3, 0.4) is 0 Å². The molecule has 3 radical (unpaired) electrons. The predicted octanol–water partition coefficient (Wildman–Crippen LogP) is 4.26. The van der Waals surface area contributed by atoms with E-state index >= 15 is 0 Å². The number of halogens is 3. The van der Waals surface area contributed by atoms with Gasteiger partial charge in [-0.15, -0.1) is 10.2 Å². The summed E-state index contributed by atoms with van der Waals surface area (Å²) in [7, 11) is 1.30. The first-order valence-electron chi connectivity index (χ1n) is 18.5. The number of sulfonamides is 1. The van der Waals surface area contributed by atoms with E-state index in [1.54, 1.807) is 43.1 Å². The van der Waals surface area contributed by atoms with Crippen molar-refractivity contribution in [2.75, 3.05) is 59.8 Å². The van der Waals surface area contributed by atoms with Crippen molar-refractivity contribution in [3.63, 3.8) is 0 Å². The molecular weight excluding hydrogens is 788 g/mol. The third-order valence-corrected chi connectivity index (χ3v) is 13.4. The zero-order valence-corrected chi connectivity index (χ0v) is 34.5. The Hall–Kier alpha value is -3.85. The summed E-state index contributed by atoms with van der Waals surface area (Å²) in [5.41, 5.74) is 0.594. The molecule has 14 nitrogen and oxygen atoms in total. The van der Waals surface area contributed by atoms with E-state index in [-0.39, 0.29) is 61.5 Å². The summed E-state index contributed by atoms with van der Waals surface area (Å²) in [4.78, 5) is 14.5. The number of benzene rings is 1. The summed E-state index contributed by atoms with van der Waals surface area (Å²) >= 11 is 0. The molecule has 1 aromatic carbocycles. The summed E-state index contributed by atoms with van der Waals surface area (Å²) in [6.07, 6.45) is 0.388. The van der Waals surface area contributed by atoms with Crippen LogP contribution in [0, 0.1) is 19.3 Å². The highest BCUT2D eigenvalue weighted by atomic mass is 32.2. The van der Waals surface area contributed by atoms with Crippen LogP contribution in [0.15, 0.2) is 53.4 Å². The number of hydrogen-bond donors (Lipinski definition) is 2. The minimum Gasteiger partial charge on any atom is -0.481 e. The molecule has 3 aromatic rings. The van der Waals surface area contributed by atoms with Crippen LogP contribution in [-0.2, 0) is 51.5 Å². The Kier molecular flexibility index (Phi) is 13.9. The third kappa shape index (κ3) is 9.08. The molecule has 1 unspecified atom stereocenters. The molecule has 57 heavy (non-hydrogen) atoms. The molecule has 0 saturated carbocycles. The molecule has 2 N–H and O–H groups in total. The largest absolute Gasteiger partial charge is 0.481 e. The van der Waals surface area contributed by atoms with Crippen molar-refractivity contribution in [3.8, 4) is 0 Å². The lowest BCUT2D eigenvalue weighted by molar-refractivity contribution is -0.148. The predicted molar refractivity (Wildman–Crippen MR) is 203 cm³/mol. The highest BCUT2D eigenvalue weighted by molar-refractivity contribution is 7.93. The summed E-state index contributed by atoms with van der Waals surface area (Å²) in [6.45, 7) is 8.20. The fourth-order valence-electron chi connectivity index (χ4n) is 6.86. The maximum atomic E-state index is 14.7. The first-order chi connectivity index (χ1) is 26.9. The van der Waals surface area contributed by atoms with Gasteiger partial charge in [-0.25, -0.2) is 8.42 Å². The monoisotopic (exact) mass is 836 g/mol. The molecule has 4 heterocycles. The van der Waals surface area contributed by atoms with Gasteiger partial charge < -0.3 is 34.1 Å². The van der Waals surface area contributed by atoms with Gasteiger partial charge in [-0.1, -0.05) is 18.2 Å². The van der Waals surface area contributed by atoms with Crippen molar-refractivity contribution in [1.29, 1.82) is 0 Å². The van der Waals surface area contributed by atoms with Gasteiger partial charge in [-0.2, -0.15) is 17.5 Å². The minimum atomic E-state index is -4.78. The van der Waals surface area contributed by atoms with Gasteiger partial charge in [0.1, 0.15) is 11.5 Å². The van der Waals surface area contributed by atoms with Crippen molar-refractivity contribution >= 4 is 31.9 Å². The molecule has 2 aromatic heterocycles. The van der Waals surface area contributed by atoms with Gasteiger partial charge in [-0.05, 0) is 93.0 Å². The molecule has 2 aliphatic heterocycles. The first kappa shape index (κ1) is 44.3. The van der Waals surface area contributed by atoms with E-state index < -0.39 is 44.7 Å². The van der Waals surface area contributed by atoms with Crippen LogP contribution in [0.2, 0.25) is 0 Å². The number of allylic oxidation sites excluding steroid dienone is 1. The number of aryl methyl sites for hydroxylation is 2. The van der Waals surface area contributed by atoms with Gasteiger partial charge >= 0.3 is 12.1 Å². The molecule has 0 bridgehead atoms. The van der Waals surface area contributed by atoms with Crippen molar-refractivity contribution in [1.82, 2.24) is 23.8 Å². The maximum Gasteiger partial charge on any atom is 0.452 e. The van der Waals surface area contributed by atoms with Crippen LogP contribution in [0.5, 0.6) is 0 Å². The normalized spacial score (nSPS) is 19.5. The number of alkyl halides is 3. The van der Waals surface area contributed by atoms with Gasteiger partial charge in [0.15, 0.2) is 11.9 Å². The number of carboxylic acid groups (broad SMARTS) is 1. The maximum absolute atomic E-state index is 14.7. The number of aliphatic hydroxyl groups excluding tert-OH is 1. The van der Waals surface area contributed by atoms with E-state index in [0.29, 0.717) is 55.8 Å². The Balaban J connectivity index is 1.52. The zero-order chi connectivity index (χ0) is 41.8. The van der Waals surface area contributed by atoms with Crippen molar-refractivity contribution in [2.45, 2.75) is 70.9 Å². The summed E-state index contributed by atoms with van der Waals surface area (Å²) in [5.74, 6) is -2.32. The van der Waals surface area contributed by atoms with Crippen LogP contribution in [0.4, 0.5) is 13.2 Å². The van der Waals surface area contributed by atoms with Crippen molar-refractivity contribution in [2.24, 2.45) is 5.41 Å². The molecular formula is C38H49F3N5O9SSi. The third-order valence-electron chi connectivity index (χ3n) is 10.4. The van der Waals surface area contributed by atoms with Crippen LogP contribution in [0.25, 0.3) is 5.65 Å². The van der Waals surface area contributed by atoms with Crippen LogP contribution >= 0.6 is 0 Å². The fourth-order valence-corrected chi connectivity index (χ4v) is 9.02. The highest BCUT2D eigenvalue weighted by Crippen LogP contribution is 2.47. The Morgan fingerprint density at radius 1 is 1.07 bits per heavy atom. The van der Waals surface area contributed by atoms with E-state index in [1.165, 1.54) is 36.5 Å². The summed E-state index contributed by atoms with van der Waals surface area (Å²) in [5, 5.41) is 25.1. The number of ether oxygens (including phenoxy) is 4. The zero-order valence-electron chi connectivity index (χ0n) is 32.6. The van der Waals surface area contributed by atoms with E-state index in [9.17, 15) is 31.5 Å². The Labute approximate surface area is 333 Å². The van der Waals surface area contributed by atoms with Crippen molar-refractivity contribution in [3.05, 3.63) is 87.0 Å². The second-order valence-electron chi connectivity index (χ2n) is 14.5. The quantitative estimate of drug-likeness (QED) is 0.176. The van der Waals surface area contributed by atoms with E-state index in [4.69, 9.17) is 24.1 Å². The highest BCUT2D eigenvalue weighted by Gasteiger charge is 2.51. The average molecular weight is 837 g/mol. The lowest BCUT2D eigenvalue weighted by atomic mass is 9.68. The van der Waals surface area contributed by atoms with Crippen LogP contribution < -0.4 is 0 Å². The van der Waals surface area contributed by atoms with E-state index in [0.717, 1.165) is 9.96 Å². The number of pyridine rings is 1. The number of carboxylic acids is 1. The molecule has 0 saturated heterocycles. The fraction of sp³-hybridized carbons (Fsp3) is 0.553. The van der Waals surface area contributed by atoms with Gasteiger partial charge in [0.2, 0.25) is 21.7 Å². The molecule has 0 aliphatic carbocycles. The Morgan fingerprint density at radius 2 is 1.81 bits per heavy atom. The van der Waals surface area contributed by atoms with Crippen LogP contribution in [-0.4, -0.2) is 125 Å². The summed E-state index contributed by atoms with van der Waals surface area (Å²) < 4.78 is 96.0. The molecule has 0 fully saturated rings. The van der Waals surface area contributed by atoms with Gasteiger partial charge in [0.05, 0.1) is 18.6 Å². The average Bonchev–Trinajstić information content (AvgIpc) is 3.60. The number of likely N-dealkylation sites (N-methyl/N-ethyl adjacent to an activating group) is 1. The van der Waals surface area contributed by atoms with Crippen LogP contribution in [0.1, 0.15) is 66.8 Å². The smallest absolute Gasteiger partial charge is 0.452 e. The summed E-state index contributed by atoms with van der Waals surface area (Å²) in [6, 6.07) is 6.62. The number of carbonyl (C=O) groups is 1. The number of rotatable bonds is 14. The van der Waals surface area contributed by atoms with Gasteiger partial charge in [-0.3, -0.25) is 9.20 Å². The number of aliphatic carboxylic acids is 1. The standard InChI is InChI=1S/C38H49F3N5O9SSi/c1-25-9-10-28(37(57,36(3,4)35(48)49)29-13-15-46-32(26(29)2)42-43-34(46)38(39,40)41)23-27(25)24-45-14-6-17-53-21-22-55-33-30(56(45,50)51)11-12-31(44(33)5)54-20-8-19-52-18-7-16-47/h9-13,15,23,31,47H,6-8,14,16-22,24H2,1-5H3,(H,48,49)/t31?,37-/m1/s1. The Morgan fingerprint density at radius 3 is 2.51 bits per heavy atom. The number of nitrogens with zero attached hydrogens (tertiary/aromatic N) is 5. The van der Waals surface area contributed by atoms with Crippen molar-refractivity contribution < 1.29 is 55.5 Å². The molecule has 5 rings (SSSR count). The van der Waals surface area contributed by atoms with E-state index in [2.05, 4.69) is 20.4 Å². The van der Waals surface area contributed by atoms with Gasteiger partial charge in [0, 0.05) is 68.0 Å². The van der Waals surface area contributed by atoms with E-state index in [1.807, 2.05) is 6.92 Å². The number of fused-ring (bicyclic) bond motifs is 1. The molecule has 2 aliphatic rings. The second kappa shape index (κ2) is 18.0. The topological polar surface area (TPSA) is 165 Å². The molecule has 311 valence electrons. The molecule has 19 heteroatoms. The molecule has 0 spiro atoms. The lowest BCUT2D eigenvalue weighted by Crippen LogP contribution is -2.49. The minimum absolute atomic E-state index is 0.0494. The lowest BCUT2D eigenvalue weighted by Gasteiger charge is -2.43. The SMILES string of the molecule is Cc1ccc([C@@]([Si])(c2ccn3c(C(F)(F)F)nnc3c2C)C(C)(C)C(=O)O)cc1CN1CCCOCCOC2=C(C=CC(OCCCOCCCO)N2C)S1(=O)=O. The number of hydrogen-bond acceptors (Lipinski definition) is 11. The number of aliphatic hydroxyl groups is 1. The van der Waals surface area contributed by atoms with Gasteiger partial charge in [0.25, 0.3) is 0 Å². The Bertz CT molecular complexity index is 2090. The number of aromatic nitrogens is 3. The second-order valence-corrected chi connectivity index (χ2v) is 17.1.